The van der Waals surface area contributed by atoms with E-state index in [9.17, 15) is 10.4 Å². The van der Waals surface area contributed by atoms with Gasteiger partial charge in [-0.1, -0.05) is 36.4 Å². The number of ether oxygens (including phenoxy) is 2. The second-order valence-corrected chi connectivity index (χ2v) is 6.04. The summed E-state index contributed by atoms with van der Waals surface area (Å²) in [6.45, 7) is 0. The van der Waals surface area contributed by atoms with Crippen LogP contribution in [0.2, 0.25) is 0 Å². The largest absolute Gasteiger partial charge is 0.504 e. The summed E-state index contributed by atoms with van der Waals surface area (Å²) in [5.74, 6) is 0.0900. The van der Waals surface area contributed by atoms with Crippen molar-refractivity contribution in [3.8, 4) is 34.7 Å². The number of phenolic OH excluding ortho intramolecular Hbond substituents is 1. The van der Waals surface area contributed by atoms with E-state index in [0.717, 1.165) is 11.3 Å². The molecule has 0 bridgehead atoms. The van der Waals surface area contributed by atoms with Crippen molar-refractivity contribution in [1.29, 1.82) is 5.26 Å². The molecule has 134 valence electrons. The molecule has 0 spiro atoms. The van der Waals surface area contributed by atoms with Gasteiger partial charge in [-0.2, -0.15) is 5.26 Å². The normalized spacial score (nSPS) is 15.6. The number of nitrogens with zero attached hydrogens (tertiary/aromatic N) is 2. The summed E-state index contributed by atoms with van der Waals surface area (Å²) < 4.78 is 10.7. The molecule has 7 heteroatoms. The number of hydrogen-bond donors (Lipinski definition) is 3. The van der Waals surface area contributed by atoms with Gasteiger partial charge in [-0.25, -0.2) is 0 Å². The van der Waals surface area contributed by atoms with Gasteiger partial charge in [-0.15, -0.1) is 5.10 Å². The maximum atomic E-state index is 10.2. The first-order valence-electron chi connectivity index (χ1n) is 8.22. The van der Waals surface area contributed by atoms with Crippen LogP contribution in [0.15, 0.2) is 60.0 Å². The fourth-order valence-electron chi connectivity index (χ4n) is 3.29. The maximum absolute atomic E-state index is 10.2. The Morgan fingerprint density at radius 3 is 2.70 bits per heavy atom. The van der Waals surface area contributed by atoms with Crippen molar-refractivity contribution in [3.05, 3.63) is 71.1 Å². The molecule has 4 rings (SSSR count). The SMILES string of the molecule is COc1ccc(C2C(C#N)=C(N)Oc3n[nH]c(-c4ccccc4)c32)cc1O. The van der Waals surface area contributed by atoms with E-state index < -0.39 is 5.92 Å². The Labute approximate surface area is 155 Å². The smallest absolute Gasteiger partial charge is 0.244 e. The summed E-state index contributed by atoms with van der Waals surface area (Å²) in [6.07, 6.45) is 0. The summed E-state index contributed by atoms with van der Waals surface area (Å²) in [7, 11) is 1.48. The number of aromatic hydroxyl groups is 1. The molecular formula is C20H16N4O3. The van der Waals surface area contributed by atoms with Crippen LogP contribution in [0.5, 0.6) is 17.4 Å². The number of fused-ring (bicyclic) bond motifs is 1. The number of H-pyrrole nitrogens is 1. The standard InChI is InChI=1S/C20H16N4O3/c1-26-15-8-7-12(9-14(15)25)16-13(10-21)19(22)27-20-17(16)18(23-24-20)11-5-3-2-4-6-11/h2-9,16,25H,22H2,1H3,(H,23,24). The molecule has 1 aromatic heterocycles. The maximum Gasteiger partial charge on any atom is 0.244 e. The molecule has 1 aliphatic heterocycles. The Morgan fingerprint density at radius 1 is 1.26 bits per heavy atom. The number of aromatic nitrogens is 2. The van der Waals surface area contributed by atoms with Crippen LogP contribution >= 0.6 is 0 Å². The lowest BCUT2D eigenvalue weighted by Gasteiger charge is -2.24. The summed E-state index contributed by atoms with van der Waals surface area (Å²) in [4.78, 5) is 0. The Balaban J connectivity index is 1.94. The number of methoxy groups -OCH3 is 1. The molecular weight excluding hydrogens is 344 g/mol. The summed E-state index contributed by atoms with van der Waals surface area (Å²) in [5.41, 5.74) is 9.22. The van der Waals surface area contributed by atoms with Gasteiger partial charge < -0.3 is 20.3 Å². The van der Waals surface area contributed by atoms with Gasteiger partial charge in [0, 0.05) is 0 Å². The Kier molecular flexibility index (Phi) is 3.94. The average Bonchev–Trinajstić information content (AvgIpc) is 3.10. The number of nitrogens with two attached hydrogens (primary N) is 1. The van der Waals surface area contributed by atoms with E-state index in [4.69, 9.17) is 15.2 Å². The highest BCUT2D eigenvalue weighted by atomic mass is 16.5. The van der Waals surface area contributed by atoms with Crippen LogP contribution in [-0.4, -0.2) is 22.4 Å². The predicted molar refractivity (Wildman–Crippen MR) is 98.0 cm³/mol. The van der Waals surface area contributed by atoms with Gasteiger partial charge >= 0.3 is 0 Å². The Morgan fingerprint density at radius 2 is 2.04 bits per heavy atom. The van der Waals surface area contributed by atoms with Crippen LogP contribution in [0.1, 0.15) is 17.0 Å². The lowest BCUT2D eigenvalue weighted by molar-refractivity contribution is 0.371. The highest BCUT2D eigenvalue weighted by Crippen LogP contribution is 2.46. The van der Waals surface area contributed by atoms with E-state index in [2.05, 4.69) is 16.3 Å². The van der Waals surface area contributed by atoms with Crippen molar-refractivity contribution in [3.63, 3.8) is 0 Å². The predicted octanol–water partition coefficient (Wildman–Crippen LogP) is 3.01. The van der Waals surface area contributed by atoms with Crippen molar-refractivity contribution < 1.29 is 14.6 Å². The minimum absolute atomic E-state index is 0.00332. The number of nitrogens with one attached hydrogen (secondary N) is 1. The van der Waals surface area contributed by atoms with Gasteiger partial charge in [0.2, 0.25) is 11.8 Å². The Hall–Kier alpha value is -3.92. The van der Waals surface area contributed by atoms with Gasteiger partial charge in [0.05, 0.1) is 24.3 Å². The van der Waals surface area contributed by atoms with Crippen LogP contribution in [0.25, 0.3) is 11.3 Å². The van der Waals surface area contributed by atoms with E-state index in [-0.39, 0.29) is 17.2 Å². The van der Waals surface area contributed by atoms with Gasteiger partial charge in [-0.3, -0.25) is 5.10 Å². The average molecular weight is 360 g/mol. The third kappa shape index (κ3) is 2.64. The number of allylic oxidation sites excluding steroid dienone is 1. The van der Waals surface area contributed by atoms with Crippen molar-refractivity contribution in [2.75, 3.05) is 7.11 Å². The molecule has 4 N–H and O–H groups in total. The van der Waals surface area contributed by atoms with Gasteiger partial charge in [0.1, 0.15) is 11.6 Å². The first-order chi connectivity index (χ1) is 13.1. The van der Waals surface area contributed by atoms with E-state index in [1.165, 1.54) is 7.11 Å². The fraction of sp³-hybridized carbons (Fsp3) is 0.100. The van der Waals surface area contributed by atoms with E-state index in [1.807, 2.05) is 30.3 Å². The van der Waals surface area contributed by atoms with Crippen LogP contribution < -0.4 is 15.2 Å². The first kappa shape index (κ1) is 16.5. The van der Waals surface area contributed by atoms with Crippen LogP contribution in [0, 0.1) is 11.3 Å². The molecule has 1 atom stereocenters. The molecule has 0 fully saturated rings. The second kappa shape index (κ2) is 6.42. The Bertz CT molecular complexity index is 1080. The minimum atomic E-state index is -0.537. The molecule has 27 heavy (non-hydrogen) atoms. The molecule has 7 nitrogen and oxygen atoms in total. The molecule has 2 heterocycles. The lowest BCUT2D eigenvalue weighted by Crippen LogP contribution is -2.21. The number of nitriles is 1. The van der Waals surface area contributed by atoms with Crippen LogP contribution in [-0.2, 0) is 0 Å². The van der Waals surface area contributed by atoms with Crippen LogP contribution in [0.3, 0.4) is 0 Å². The summed E-state index contributed by atoms with van der Waals surface area (Å²) in [5, 5.41) is 27.1. The zero-order valence-corrected chi connectivity index (χ0v) is 14.4. The number of aromatic amines is 1. The van der Waals surface area contributed by atoms with Crippen molar-refractivity contribution in [1.82, 2.24) is 10.2 Å². The molecule has 0 saturated carbocycles. The summed E-state index contributed by atoms with van der Waals surface area (Å²) >= 11 is 0. The molecule has 2 aromatic carbocycles. The summed E-state index contributed by atoms with van der Waals surface area (Å²) in [6, 6.07) is 16.7. The van der Waals surface area contributed by atoms with Gasteiger partial charge in [0.25, 0.3) is 0 Å². The fourth-order valence-corrected chi connectivity index (χ4v) is 3.29. The monoisotopic (exact) mass is 360 g/mol. The molecule has 0 amide bonds. The zero-order valence-electron chi connectivity index (χ0n) is 14.4. The molecule has 1 unspecified atom stereocenters. The second-order valence-electron chi connectivity index (χ2n) is 6.04. The minimum Gasteiger partial charge on any atom is -0.504 e. The van der Waals surface area contributed by atoms with Gasteiger partial charge in [0.15, 0.2) is 11.5 Å². The van der Waals surface area contributed by atoms with Crippen molar-refractivity contribution in [2.24, 2.45) is 5.73 Å². The molecule has 0 saturated heterocycles. The molecule has 0 aliphatic carbocycles. The van der Waals surface area contributed by atoms with Gasteiger partial charge in [-0.05, 0) is 23.3 Å². The highest BCUT2D eigenvalue weighted by molar-refractivity contribution is 5.71. The number of benzene rings is 2. The third-order valence-corrected chi connectivity index (χ3v) is 4.54. The number of phenols is 1. The van der Waals surface area contributed by atoms with Crippen molar-refractivity contribution in [2.45, 2.75) is 5.92 Å². The number of rotatable bonds is 3. The van der Waals surface area contributed by atoms with E-state index in [1.54, 1.807) is 18.2 Å². The highest BCUT2D eigenvalue weighted by Gasteiger charge is 2.35. The quantitative estimate of drug-likeness (QED) is 0.661. The van der Waals surface area contributed by atoms with E-state index in [0.29, 0.717) is 22.8 Å². The topological polar surface area (TPSA) is 117 Å². The number of hydrogen-bond acceptors (Lipinski definition) is 6. The molecule has 3 aromatic rings. The zero-order chi connectivity index (χ0) is 19.0. The molecule has 1 aliphatic rings. The van der Waals surface area contributed by atoms with Crippen LogP contribution in [0.4, 0.5) is 0 Å². The first-order valence-corrected chi connectivity index (χ1v) is 8.22. The van der Waals surface area contributed by atoms with E-state index >= 15 is 0 Å². The lowest BCUT2D eigenvalue weighted by atomic mass is 9.83. The molecule has 0 radical (unpaired) electrons. The third-order valence-electron chi connectivity index (χ3n) is 4.54. The van der Waals surface area contributed by atoms with Crippen molar-refractivity contribution >= 4 is 0 Å².